The Hall–Kier alpha value is 0.0200. The zero-order valence-corrected chi connectivity index (χ0v) is 7.48. The highest BCUT2D eigenvalue weighted by Crippen LogP contribution is 2.47. The van der Waals surface area contributed by atoms with Gasteiger partial charge in [-0.15, -0.1) is 0 Å². The van der Waals surface area contributed by atoms with Gasteiger partial charge < -0.3 is 4.79 Å². The zero-order valence-electron chi connectivity index (χ0n) is 6.66. The van der Waals surface area contributed by atoms with Crippen molar-refractivity contribution in [3.63, 3.8) is 0 Å². The van der Waals surface area contributed by atoms with E-state index in [0.717, 1.165) is 18.1 Å². The molecule has 1 nitrogen and oxygen atoms in total. The van der Waals surface area contributed by atoms with Gasteiger partial charge in [0.15, 0.2) is 0 Å². The van der Waals surface area contributed by atoms with Gasteiger partial charge in [0.2, 0.25) is 0 Å². The summed E-state index contributed by atoms with van der Waals surface area (Å²) < 4.78 is 0. The van der Waals surface area contributed by atoms with Gasteiger partial charge in [-0.3, -0.25) is 0 Å². The first-order valence-electron chi connectivity index (χ1n) is 4.45. The van der Waals surface area contributed by atoms with Crippen LogP contribution in [0.2, 0.25) is 0 Å². The number of aldehydes is 1. The molecule has 11 heavy (non-hydrogen) atoms. The van der Waals surface area contributed by atoms with Gasteiger partial charge in [0.1, 0.15) is 6.29 Å². The quantitative estimate of drug-likeness (QED) is 0.589. The third-order valence-electron chi connectivity index (χ3n) is 2.94. The summed E-state index contributed by atoms with van der Waals surface area (Å²) in [5.41, 5.74) is 0. The number of carbonyl (C=O) groups excluding carboxylic acids is 1. The van der Waals surface area contributed by atoms with Crippen LogP contribution >= 0.6 is 11.8 Å². The second kappa shape index (κ2) is 3.18. The summed E-state index contributed by atoms with van der Waals surface area (Å²) in [7, 11) is 0. The average Bonchev–Trinajstić information content (AvgIpc) is 2.85. The van der Waals surface area contributed by atoms with Gasteiger partial charge in [-0.05, 0) is 42.6 Å². The van der Waals surface area contributed by atoms with Crippen molar-refractivity contribution >= 4 is 18.0 Å². The maximum atomic E-state index is 10.4. The predicted octanol–water partition coefficient (Wildman–Crippen LogP) is 1.96. The average molecular weight is 170 g/mol. The summed E-state index contributed by atoms with van der Waals surface area (Å²) in [5.74, 6) is 4.78. The Morgan fingerprint density at radius 3 is 2.55 bits per heavy atom. The summed E-state index contributed by atoms with van der Waals surface area (Å²) in [5, 5.41) is 0. The SMILES string of the molecule is O=C[C@H]1C[C@@H]1C1CCSCC1. The molecule has 1 aliphatic heterocycles. The number of thioether (sulfide) groups is 1. The number of hydrogen-bond donors (Lipinski definition) is 0. The van der Waals surface area contributed by atoms with Crippen molar-refractivity contribution < 1.29 is 4.79 Å². The molecule has 0 N–H and O–H groups in total. The smallest absolute Gasteiger partial charge is 0.123 e. The highest BCUT2D eigenvalue weighted by atomic mass is 32.2. The van der Waals surface area contributed by atoms with Crippen LogP contribution in [-0.2, 0) is 4.79 Å². The normalized spacial score (nSPS) is 38.5. The lowest BCUT2D eigenvalue weighted by Gasteiger charge is -2.20. The van der Waals surface area contributed by atoms with Crippen molar-refractivity contribution in [3.8, 4) is 0 Å². The van der Waals surface area contributed by atoms with E-state index in [2.05, 4.69) is 11.8 Å². The van der Waals surface area contributed by atoms with Gasteiger partial charge in [0.05, 0.1) is 0 Å². The van der Waals surface area contributed by atoms with Crippen molar-refractivity contribution in [2.24, 2.45) is 17.8 Å². The molecule has 0 amide bonds. The topological polar surface area (TPSA) is 17.1 Å². The van der Waals surface area contributed by atoms with E-state index in [1.165, 1.54) is 30.8 Å². The molecule has 1 heterocycles. The molecule has 2 fully saturated rings. The van der Waals surface area contributed by atoms with E-state index in [1.54, 1.807) is 0 Å². The maximum absolute atomic E-state index is 10.4. The van der Waals surface area contributed by atoms with Crippen molar-refractivity contribution in [2.75, 3.05) is 11.5 Å². The number of rotatable bonds is 2. The molecule has 2 heteroatoms. The van der Waals surface area contributed by atoms with Gasteiger partial charge in [0.25, 0.3) is 0 Å². The van der Waals surface area contributed by atoms with Crippen LogP contribution in [0.15, 0.2) is 0 Å². The van der Waals surface area contributed by atoms with E-state index in [0.29, 0.717) is 5.92 Å². The molecule has 1 saturated carbocycles. The minimum atomic E-state index is 0.447. The summed E-state index contributed by atoms with van der Waals surface area (Å²) in [6.45, 7) is 0. The highest BCUT2D eigenvalue weighted by molar-refractivity contribution is 7.99. The molecule has 62 valence electrons. The number of hydrogen-bond acceptors (Lipinski definition) is 2. The Balaban J connectivity index is 1.81. The molecule has 2 aliphatic rings. The Morgan fingerprint density at radius 2 is 2.00 bits per heavy atom. The summed E-state index contributed by atoms with van der Waals surface area (Å²) in [4.78, 5) is 10.4. The van der Waals surface area contributed by atoms with Crippen LogP contribution in [0.3, 0.4) is 0 Å². The Kier molecular flexibility index (Phi) is 2.21. The van der Waals surface area contributed by atoms with Crippen molar-refractivity contribution in [2.45, 2.75) is 19.3 Å². The molecule has 2 rings (SSSR count). The highest BCUT2D eigenvalue weighted by Gasteiger charge is 2.42. The fourth-order valence-corrected chi connectivity index (χ4v) is 3.22. The van der Waals surface area contributed by atoms with E-state index in [1.807, 2.05) is 0 Å². The van der Waals surface area contributed by atoms with Crippen LogP contribution in [0, 0.1) is 17.8 Å². The molecule has 0 bridgehead atoms. The molecule has 0 spiro atoms. The van der Waals surface area contributed by atoms with Gasteiger partial charge in [-0.25, -0.2) is 0 Å². The fraction of sp³-hybridized carbons (Fsp3) is 0.889. The van der Waals surface area contributed by atoms with Gasteiger partial charge in [0, 0.05) is 5.92 Å². The summed E-state index contributed by atoms with van der Waals surface area (Å²) in [6, 6.07) is 0. The van der Waals surface area contributed by atoms with Crippen LogP contribution in [0.4, 0.5) is 0 Å². The molecule has 0 aromatic rings. The summed E-state index contributed by atoms with van der Waals surface area (Å²) >= 11 is 2.06. The van der Waals surface area contributed by atoms with Crippen LogP contribution in [0.1, 0.15) is 19.3 Å². The molecular formula is C9H14OS. The van der Waals surface area contributed by atoms with Crippen LogP contribution in [-0.4, -0.2) is 17.8 Å². The molecule has 2 atom stereocenters. The van der Waals surface area contributed by atoms with Gasteiger partial charge >= 0.3 is 0 Å². The van der Waals surface area contributed by atoms with Crippen molar-refractivity contribution in [1.82, 2.24) is 0 Å². The molecule has 0 unspecified atom stereocenters. The van der Waals surface area contributed by atoms with E-state index in [-0.39, 0.29) is 0 Å². The predicted molar refractivity (Wildman–Crippen MR) is 47.7 cm³/mol. The monoisotopic (exact) mass is 170 g/mol. The Morgan fingerprint density at radius 1 is 1.27 bits per heavy atom. The lowest BCUT2D eigenvalue weighted by molar-refractivity contribution is -0.109. The first kappa shape index (κ1) is 7.66. The Labute approximate surface area is 71.9 Å². The van der Waals surface area contributed by atoms with Crippen LogP contribution in [0.25, 0.3) is 0 Å². The first-order valence-corrected chi connectivity index (χ1v) is 5.60. The molecule has 1 aliphatic carbocycles. The third kappa shape index (κ3) is 1.61. The third-order valence-corrected chi connectivity index (χ3v) is 3.99. The second-order valence-corrected chi connectivity index (χ2v) is 4.87. The van der Waals surface area contributed by atoms with Crippen molar-refractivity contribution in [3.05, 3.63) is 0 Å². The lowest BCUT2D eigenvalue weighted by atomic mass is 9.96. The van der Waals surface area contributed by atoms with Gasteiger partial charge in [-0.1, -0.05) is 0 Å². The fourth-order valence-electron chi connectivity index (χ4n) is 2.08. The van der Waals surface area contributed by atoms with E-state index in [9.17, 15) is 4.79 Å². The largest absolute Gasteiger partial charge is 0.303 e. The van der Waals surface area contributed by atoms with E-state index < -0.39 is 0 Å². The van der Waals surface area contributed by atoms with Crippen molar-refractivity contribution in [1.29, 1.82) is 0 Å². The van der Waals surface area contributed by atoms with E-state index in [4.69, 9.17) is 0 Å². The van der Waals surface area contributed by atoms with Crippen LogP contribution in [0.5, 0.6) is 0 Å². The molecule has 0 aromatic carbocycles. The second-order valence-electron chi connectivity index (χ2n) is 3.65. The van der Waals surface area contributed by atoms with Gasteiger partial charge in [-0.2, -0.15) is 11.8 Å². The minimum absolute atomic E-state index is 0.447. The molecular weight excluding hydrogens is 156 g/mol. The minimum Gasteiger partial charge on any atom is -0.303 e. The lowest BCUT2D eigenvalue weighted by Crippen LogP contribution is -2.12. The van der Waals surface area contributed by atoms with Crippen LogP contribution < -0.4 is 0 Å². The maximum Gasteiger partial charge on any atom is 0.123 e. The number of carbonyl (C=O) groups is 1. The Bertz CT molecular complexity index is 152. The standard InChI is InChI=1S/C9H14OS/c10-6-8-5-9(8)7-1-3-11-4-2-7/h6-9H,1-5H2/t8-,9-/m1/s1. The molecule has 0 radical (unpaired) electrons. The molecule has 1 saturated heterocycles. The summed E-state index contributed by atoms with van der Waals surface area (Å²) in [6.07, 6.45) is 5.07. The first-order chi connectivity index (χ1) is 5.42. The van der Waals surface area contributed by atoms with E-state index >= 15 is 0 Å². The molecule has 0 aromatic heterocycles. The zero-order chi connectivity index (χ0) is 7.68.